The molecule has 2 aliphatic carbocycles. The van der Waals surface area contributed by atoms with Crippen LogP contribution in [0.25, 0.3) is 109 Å². The molecule has 0 spiro atoms. The van der Waals surface area contributed by atoms with Gasteiger partial charge in [0.25, 0.3) is 0 Å². The zero-order chi connectivity index (χ0) is 82.3. The molecule has 0 unspecified atom stereocenters. The van der Waals surface area contributed by atoms with Gasteiger partial charge >= 0.3 is 0 Å². The van der Waals surface area contributed by atoms with Crippen molar-refractivity contribution in [1.29, 1.82) is 0 Å². The number of aryl methyl sites for hydroxylation is 3. The van der Waals surface area contributed by atoms with Gasteiger partial charge in [-0.15, -0.1) is 0 Å². The van der Waals surface area contributed by atoms with E-state index >= 15 is 0 Å². The van der Waals surface area contributed by atoms with Gasteiger partial charge in [0.2, 0.25) is 0 Å². The van der Waals surface area contributed by atoms with Crippen molar-refractivity contribution in [1.82, 2.24) is 0 Å². The molecular weight excluding hydrogens is 1470 g/mol. The number of anilines is 12. The maximum Gasteiger partial charge on any atom is 0.0543 e. The highest BCUT2D eigenvalue weighted by atomic mass is 15.2. The van der Waals surface area contributed by atoms with E-state index in [0.717, 1.165) is 71.2 Å². The maximum absolute atomic E-state index is 2.58. The molecule has 4 heteroatoms. The van der Waals surface area contributed by atoms with E-state index < -0.39 is 0 Å². The Morgan fingerprint density at radius 2 is 0.500 bits per heavy atom. The molecule has 0 bridgehead atoms. The van der Waals surface area contributed by atoms with E-state index in [2.05, 4.69) is 468 Å². The highest BCUT2D eigenvalue weighted by Crippen LogP contribution is 2.58. The minimum Gasteiger partial charge on any atom is -0.310 e. The summed E-state index contributed by atoms with van der Waals surface area (Å²) in [5.74, 6) is 0.308. The van der Waals surface area contributed by atoms with Crippen LogP contribution in [0.5, 0.6) is 0 Å². The van der Waals surface area contributed by atoms with Crippen molar-refractivity contribution in [3.8, 4) is 44.5 Å². The van der Waals surface area contributed by atoms with Gasteiger partial charge in [0, 0.05) is 77.8 Å². The Balaban J connectivity index is 0.000000150. The second-order valence-electron chi connectivity index (χ2n) is 35.1. The third-order valence-electron chi connectivity index (χ3n) is 26.3. The molecule has 0 amide bonds. The second-order valence-corrected chi connectivity index (χ2v) is 35.1. The number of para-hydroxylation sites is 4. The number of benzene rings is 20. The van der Waals surface area contributed by atoms with Crippen molar-refractivity contribution in [2.24, 2.45) is 0 Å². The summed E-state index contributed by atoms with van der Waals surface area (Å²) in [7, 11) is 0. The van der Waals surface area contributed by atoms with E-state index in [9.17, 15) is 0 Å². The normalized spacial score (nSPS) is 13.3. The summed E-state index contributed by atoms with van der Waals surface area (Å²) < 4.78 is 0. The van der Waals surface area contributed by atoms with E-state index in [1.807, 2.05) is 0 Å². The van der Waals surface area contributed by atoms with Gasteiger partial charge in [0.15, 0.2) is 0 Å². The van der Waals surface area contributed by atoms with Crippen molar-refractivity contribution in [3.05, 3.63) is 434 Å². The van der Waals surface area contributed by atoms with Gasteiger partial charge in [0.1, 0.15) is 0 Å². The van der Waals surface area contributed by atoms with Crippen molar-refractivity contribution < 1.29 is 0 Å². The van der Waals surface area contributed by atoms with E-state index in [0.29, 0.717) is 5.92 Å². The van der Waals surface area contributed by atoms with Crippen molar-refractivity contribution in [2.75, 3.05) is 19.6 Å². The molecule has 122 heavy (non-hydrogen) atoms. The molecule has 0 N–H and O–H groups in total. The van der Waals surface area contributed by atoms with Crippen molar-refractivity contribution in [3.63, 3.8) is 0 Å². The smallest absolute Gasteiger partial charge is 0.0543 e. The Labute approximate surface area is 716 Å². The summed E-state index contributed by atoms with van der Waals surface area (Å²) >= 11 is 0. The molecule has 588 valence electrons. The van der Waals surface area contributed by atoms with Gasteiger partial charge in [-0.25, -0.2) is 0 Å². The molecule has 2 aliphatic rings. The quantitative estimate of drug-likeness (QED) is 0.0843. The molecule has 0 saturated carbocycles. The Hall–Kier alpha value is -14.3. The number of rotatable bonds is 17. The summed E-state index contributed by atoms with van der Waals surface area (Å²) in [5, 5.41) is 16.1. The third kappa shape index (κ3) is 13.2. The minimum absolute atomic E-state index is 0.00259. The summed E-state index contributed by atoms with van der Waals surface area (Å²) in [5.41, 5.74) is 32.1. The molecule has 20 aromatic carbocycles. The lowest BCUT2D eigenvalue weighted by atomic mass is 9.70. The van der Waals surface area contributed by atoms with Gasteiger partial charge in [-0.3, -0.25) is 0 Å². The first-order valence-corrected chi connectivity index (χ1v) is 43.4. The van der Waals surface area contributed by atoms with Crippen LogP contribution < -0.4 is 19.6 Å². The Morgan fingerprint density at radius 3 is 0.869 bits per heavy atom. The highest BCUT2D eigenvalue weighted by molar-refractivity contribution is 6.32. The lowest BCUT2D eigenvalue weighted by Crippen LogP contribution is -2.24. The van der Waals surface area contributed by atoms with Gasteiger partial charge in [-0.1, -0.05) is 308 Å². The lowest BCUT2D eigenvalue weighted by molar-refractivity contribution is 0.475. The fourth-order valence-electron chi connectivity index (χ4n) is 20.1. The van der Waals surface area contributed by atoms with Crippen LogP contribution in [-0.2, 0) is 23.7 Å². The molecule has 0 aliphatic heterocycles. The van der Waals surface area contributed by atoms with Crippen LogP contribution >= 0.6 is 0 Å². The van der Waals surface area contributed by atoms with Crippen LogP contribution in [0.4, 0.5) is 68.2 Å². The molecule has 0 atom stereocenters. The number of hydrogen-bond donors (Lipinski definition) is 0. The summed E-state index contributed by atoms with van der Waals surface area (Å²) in [6, 6.07) is 148. The van der Waals surface area contributed by atoms with Gasteiger partial charge in [0.05, 0.1) is 22.7 Å². The van der Waals surface area contributed by atoms with Gasteiger partial charge < -0.3 is 19.6 Å². The SMILES string of the molecule is CC(C)c1cc(N(c2ccccc2)c2ccc(-c3ccccc3)cc2)c2cc3c4c(cc(N(c5ccccc5)c5ccc(-c6ccccc6)cc5)c5ccc1c2c54)CCC3(C)C.Cc1cc(N(c2ccccc2)c2cccc(-c3ccccc3)c2)c2cc3c4c(cc(N(c5ccccc5)c5cccc(-c6ccccc6)c5)c5ccc1c2c54)CCC3(C)C. The van der Waals surface area contributed by atoms with Crippen LogP contribution in [0, 0.1) is 6.92 Å². The lowest BCUT2D eigenvalue weighted by Gasteiger charge is -2.37. The predicted octanol–water partition coefficient (Wildman–Crippen LogP) is 33.6. The van der Waals surface area contributed by atoms with Crippen LogP contribution in [-0.4, -0.2) is 0 Å². The third-order valence-corrected chi connectivity index (χ3v) is 26.3. The average molecular weight is 1570 g/mol. The number of hydrogen-bond acceptors (Lipinski definition) is 4. The van der Waals surface area contributed by atoms with Crippen molar-refractivity contribution >= 4 is 133 Å². The number of nitrogens with zero attached hydrogens (tertiary/aromatic N) is 4. The van der Waals surface area contributed by atoms with E-state index in [1.54, 1.807) is 0 Å². The molecule has 4 nitrogen and oxygen atoms in total. The fraction of sp³-hybridized carbons (Fsp3) is 0.119. The first-order valence-electron chi connectivity index (χ1n) is 43.4. The van der Waals surface area contributed by atoms with Crippen LogP contribution in [0.15, 0.2) is 400 Å². The zero-order valence-electron chi connectivity index (χ0n) is 70.3. The van der Waals surface area contributed by atoms with Gasteiger partial charge in [-0.2, -0.15) is 0 Å². The zero-order valence-corrected chi connectivity index (χ0v) is 70.3. The molecule has 20 aromatic rings. The van der Waals surface area contributed by atoms with Crippen molar-refractivity contribution in [2.45, 2.75) is 90.9 Å². The standard InChI is InChI=1S/C60H50N2.C58H46N2/c1-40(2)52-39-56(62(47-23-15-8-16-24-47)49-31-27-44(28-32-49)42-19-11-6-12-20-42)53-38-54-57-45(35-36-60(54,3)4)37-55(51-34-33-50(52)58(53)59(51)57)61(46-21-13-7-14-22-46)48-29-25-43(26-30-48)41-17-9-5-10-18-41;1-39-34-53(59(45-24-12-6-13-25-45)47-28-16-22-42(35-47)40-18-8-4-9-19-40)51-38-52-55-44(32-33-58(52,2)3)37-54(50-31-30-49(39)56(51)57(50)55)60(46-26-14-7-15-27-46)48-29-17-23-43(36-48)41-20-10-5-11-21-41/h5-34,37-40H,35-36H2,1-4H3;4-31,34-38H,32-33H2,1-3H3. The fourth-order valence-corrected chi connectivity index (χ4v) is 20.1. The van der Waals surface area contributed by atoms with Crippen LogP contribution in [0.2, 0.25) is 0 Å². The van der Waals surface area contributed by atoms with Gasteiger partial charge in [-0.05, 0) is 293 Å². The molecule has 0 saturated heterocycles. The maximum atomic E-state index is 2.58. The first-order chi connectivity index (χ1) is 59.8. The second kappa shape index (κ2) is 30.8. The Morgan fingerprint density at radius 1 is 0.221 bits per heavy atom. The molecular formula is C118H96N4. The Kier molecular flexibility index (Phi) is 19.0. The molecule has 0 aromatic heterocycles. The minimum atomic E-state index is -0.00339. The topological polar surface area (TPSA) is 13.0 Å². The molecule has 0 heterocycles. The molecule has 22 rings (SSSR count). The monoisotopic (exact) mass is 1570 g/mol. The van der Waals surface area contributed by atoms with Crippen LogP contribution in [0.3, 0.4) is 0 Å². The van der Waals surface area contributed by atoms with E-state index in [1.165, 1.54) is 165 Å². The molecule has 0 fully saturated rings. The summed E-state index contributed by atoms with van der Waals surface area (Å²) in [6.07, 6.45) is 4.23. The first kappa shape index (κ1) is 75.2. The average Bonchev–Trinajstić information content (AvgIpc) is 0.694. The summed E-state index contributed by atoms with van der Waals surface area (Å²) in [6.45, 7) is 16.8. The molecule has 0 radical (unpaired) electrons. The summed E-state index contributed by atoms with van der Waals surface area (Å²) in [4.78, 5) is 9.97. The Bertz CT molecular complexity index is 7230. The largest absolute Gasteiger partial charge is 0.310 e. The van der Waals surface area contributed by atoms with E-state index in [-0.39, 0.29) is 10.8 Å². The van der Waals surface area contributed by atoms with E-state index in [4.69, 9.17) is 0 Å². The van der Waals surface area contributed by atoms with Crippen LogP contribution in [0.1, 0.15) is 93.7 Å². The predicted molar refractivity (Wildman–Crippen MR) is 522 cm³/mol. The highest BCUT2D eigenvalue weighted by Gasteiger charge is 2.37.